The standard InChI is InChI=1S/C15H22N4O2/c1-16-15(21)17-14(20)7-8-18-9-11-19(12-10-18)13-5-3-2-4-6-13/h2-6H,7-12H2,1H3,(H2,16,17,20,21). The van der Waals surface area contributed by atoms with Crippen molar-refractivity contribution in [2.24, 2.45) is 0 Å². The first-order valence-corrected chi connectivity index (χ1v) is 7.23. The number of carbonyl (C=O) groups is 2. The van der Waals surface area contributed by atoms with E-state index < -0.39 is 6.03 Å². The van der Waals surface area contributed by atoms with Crippen molar-refractivity contribution in [1.29, 1.82) is 0 Å². The lowest BCUT2D eigenvalue weighted by atomic mass is 10.2. The van der Waals surface area contributed by atoms with Gasteiger partial charge >= 0.3 is 6.03 Å². The van der Waals surface area contributed by atoms with Gasteiger partial charge in [-0.05, 0) is 12.1 Å². The average molecular weight is 290 g/mol. The fourth-order valence-corrected chi connectivity index (χ4v) is 2.38. The number of piperazine rings is 1. The van der Waals surface area contributed by atoms with Gasteiger partial charge in [0.05, 0.1) is 0 Å². The molecular weight excluding hydrogens is 268 g/mol. The zero-order valence-electron chi connectivity index (χ0n) is 12.3. The predicted molar refractivity (Wildman–Crippen MR) is 82.3 cm³/mol. The number of nitrogens with one attached hydrogen (secondary N) is 2. The molecule has 1 aromatic carbocycles. The van der Waals surface area contributed by atoms with Crippen LogP contribution in [0.25, 0.3) is 0 Å². The maximum absolute atomic E-state index is 11.5. The molecule has 1 heterocycles. The van der Waals surface area contributed by atoms with Gasteiger partial charge in [0.2, 0.25) is 5.91 Å². The van der Waals surface area contributed by atoms with Gasteiger partial charge in [-0.3, -0.25) is 15.0 Å². The van der Waals surface area contributed by atoms with Gasteiger partial charge in [0, 0.05) is 51.9 Å². The summed E-state index contributed by atoms with van der Waals surface area (Å²) in [4.78, 5) is 27.1. The summed E-state index contributed by atoms with van der Waals surface area (Å²) in [6.45, 7) is 4.47. The van der Waals surface area contributed by atoms with Crippen molar-refractivity contribution in [3.63, 3.8) is 0 Å². The molecule has 2 N–H and O–H groups in total. The van der Waals surface area contributed by atoms with E-state index in [1.165, 1.54) is 12.7 Å². The highest BCUT2D eigenvalue weighted by atomic mass is 16.2. The van der Waals surface area contributed by atoms with E-state index in [4.69, 9.17) is 0 Å². The highest BCUT2D eigenvalue weighted by Gasteiger charge is 2.17. The molecule has 1 aliphatic rings. The van der Waals surface area contributed by atoms with E-state index in [0.717, 1.165) is 26.2 Å². The van der Waals surface area contributed by atoms with Crippen molar-refractivity contribution < 1.29 is 9.59 Å². The molecule has 0 atom stereocenters. The molecule has 0 saturated carbocycles. The molecule has 2 rings (SSSR count). The Kier molecular flexibility index (Phi) is 5.57. The smallest absolute Gasteiger partial charge is 0.321 e. The summed E-state index contributed by atoms with van der Waals surface area (Å²) in [5, 5.41) is 4.64. The fourth-order valence-electron chi connectivity index (χ4n) is 2.38. The zero-order valence-corrected chi connectivity index (χ0v) is 12.3. The number of rotatable bonds is 4. The quantitative estimate of drug-likeness (QED) is 0.855. The van der Waals surface area contributed by atoms with Crippen LogP contribution < -0.4 is 15.5 Å². The van der Waals surface area contributed by atoms with Crippen LogP contribution in [0.3, 0.4) is 0 Å². The van der Waals surface area contributed by atoms with Crippen molar-refractivity contribution in [2.45, 2.75) is 6.42 Å². The molecule has 114 valence electrons. The molecule has 0 radical (unpaired) electrons. The van der Waals surface area contributed by atoms with Crippen LogP contribution in [0.2, 0.25) is 0 Å². The number of hydrogen-bond donors (Lipinski definition) is 2. The molecule has 1 aliphatic heterocycles. The van der Waals surface area contributed by atoms with Crippen molar-refractivity contribution in [3.05, 3.63) is 30.3 Å². The van der Waals surface area contributed by atoms with Crippen LogP contribution in [-0.2, 0) is 4.79 Å². The van der Waals surface area contributed by atoms with E-state index in [9.17, 15) is 9.59 Å². The lowest BCUT2D eigenvalue weighted by Gasteiger charge is -2.36. The normalized spacial score (nSPS) is 15.6. The molecule has 0 bridgehead atoms. The number of para-hydroxylation sites is 1. The van der Waals surface area contributed by atoms with Crippen LogP contribution in [0.4, 0.5) is 10.5 Å². The molecule has 0 aliphatic carbocycles. The topological polar surface area (TPSA) is 64.7 Å². The van der Waals surface area contributed by atoms with Crippen LogP contribution in [0.5, 0.6) is 0 Å². The first-order chi connectivity index (χ1) is 10.2. The third-order valence-corrected chi connectivity index (χ3v) is 3.63. The van der Waals surface area contributed by atoms with Crippen molar-refractivity contribution in [2.75, 3.05) is 44.7 Å². The Bertz CT molecular complexity index is 470. The second-order valence-corrected chi connectivity index (χ2v) is 5.04. The minimum absolute atomic E-state index is 0.236. The highest BCUT2D eigenvalue weighted by molar-refractivity contribution is 5.94. The van der Waals surface area contributed by atoms with Crippen LogP contribution in [0.15, 0.2) is 30.3 Å². The van der Waals surface area contributed by atoms with Gasteiger partial charge in [-0.2, -0.15) is 0 Å². The number of urea groups is 1. The minimum Gasteiger partial charge on any atom is -0.369 e. The average Bonchev–Trinajstić information content (AvgIpc) is 2.54. The number of amides is 3. The molecule has 1 saturated heterocycles. The van der Waals surface area contributed by atoms with E-state index in [1.807, 2.05) is 18.2 Å². The second-order valence-electron chi connectivity index (χ2n) is 5.04. The maximum atomic E-state index is 11.5. The Morgan fingerprint density at radius 2 is 1.76 bits per heavy atom. The van der Waals surface area contributed by atoms with Crippen molar-refractivity contribution in [1.82, 2.24) is 15.5 Å². The van der Waals surface area contributed by atoms with Gasteiger partial charge in [-0.1, -0.05) is 18.2 Å². The molecule has 1 fully saturated rings. The summed E-state index contributed by atoms with van der Waals surface area (Å²) in [6.07, 6.45) is 0.346. The van der Waals surface area contributed by atoms with Gasteiger partial charge < -0.3 is 10.2 Å². The molecule has 0 spiro atoms. The number of nitrogens with zero attached hydrogens (tertiary/aromatic N) is 2. The van der Waals surface area contributed by atoms with Crippen LogP contribution in [-0.4, -0.2) is 56.6 Å². The Balaban J connectivity index is 1.70. The molecule has 0 unspecified atom stereocenters. The summed E-state index contributed by atoms with van der Waals surface area (Å²) < 4.78 is 0. The summed E-state index contributed by atoms with van der Waals surface area (Å²) in [5.74, 6) is -0.236. The maximum Gasteiger partial charge on any atom is 0.321 e. The Morgan fingerprint density at radius 1 is 1.10 bits per heavy atom. The van der Waals surface area contributed by atoms with Gasteiger partial charge in [-0.25, -0.2) is 4.79 Å². The summed E-state index contributed by atoms with van der Waals surface area (Å²) >= 11 is 0. The third kappa shape index (κ3) is 4.75. The van der Waals surface area contributed by atoms with Crippen LogP contribution in [0, 0.1) is 0 Å². The van der Waals surface area contributed by atoms with Crippen molar-refractivity contribution in [3.8, 4) is 0 Å². The van der Waals surface area contributed by atoms with E-state index in [-0.39, 0.29) is 5.91 Å². The fraction of sp³-hybridized carbons (Fsp3) is 0.467. The van der Waals surface area contributed by atoms with E-state index in [2.05, 4.69) is 32.6 Å². The number of carbonyl (C=O) groups excluding carboxylic acids is 2. The van der Waals surface area contributed by atoms with Crippen molar-refractivity contribution >= 4 is 17.6 Å². The predicted octanol–water partition coefficient (Wildman–Crippen LogP) is 0.654. The molecule has 6 nitrogen and oxygen atoms in total. The molecular formula is C15H22N4O2. The number of imide groups is 1. The Hall–Kier alpha value is -2.08. The number of hydrogen-bond acceptors (Lipinski definition) is 4. The molecule has 3 amide bonds. The second kappa shape index (κ2) is 7.64. The lowest BCUT2D eigenvalue weighted by molar-refractivity contribution is -0.120. The minimum atomic E-state index is -0.450. The van der Waals surface area contributed by atoms with E-state index >= 15 is 0 Å². The Labute approximate surface area is 125 Å². The van der Waals surface area contributed by atoms with Crippen LogP contribution >= 0.6 is 0 Å². The SMILES string of the molecule is CNC(=O)NC(=O)CCN1CCN(c2ccccc2)CC1. The molecule has 6 heteroatoms. The first kappa shape index (κ1) is 15.3. The van der Waals surface area contributed by atoms with Gasteiger partial charge in [0.15, 0.2) is 0 Å². The van der Waals surface area contributed by atoms with E-state index in [0.29, 0.717) is 13.0 Å². The lowest BCUT2D eigenvalue weighted by Crippen LogP contribution is -2.47. The van der Waals surface area contributed by atoms with Crippen LogP contribution in [0.1, 0.15) is 6.42 Å². The molecule has 1 aromatic rings. The zero-order chi connectivity index (χ0) is 15.1. The van der Waals surface area contributed by atoms with Gasteiger partial charge in [0.1, 0.15) is 0 Å². The largest absolute Gasteiger partial charge is 0.369 e. The third-order valence-electron chi connectivity index (χ3n) is 3.63. The van der Waals surface area contributed by atoms with E-state index in [1.54, 1.807) is 0 Å². The highest BCUT2D eigenvalue weighted by Crippen LogP contribution is 2.15. The number of anilines is 1. The number of benzene rings is 1. The van der Waals surface area contributed by atoms with Gasteiger partial charge in [0.25, 0.3) is 0 Å². The Morgan fingerprint density at radius 3 is 2.38 bits per heavy atom. The molecule has 0 aromatic heterocycles. The molecule has 21 heavy (non-hydrogen) atoms. The first-order valence-electron chi connectivity index (χ1n) is 7.23. The van der Waals surface area contributed by atoms with Gasteiger partial charge in [-0.15, -0.1) is 0 Å². The monoisotopic (exact) mass is 290 g/mol. The summed E-state index contributed by atoms with van der Waals surface area (Å²) in [6, 6.07) is 9.90. The summed E-state index contributed by atoms with van der Waals surface area (Å²) in [7, 11) is 1.49. The summed E-state index contributed by atoms with van der Waals surface area (Å²) in [5.41, 5.74) is 1.24.